The summed E-state index contributed by atoms with van der Waals surface area (Å²) in [6, 6.07) is 10.8. The lowest BCUT2D eigenvalue weighted by molar-refractivity contribution is -0.118. The molecular weight excluding hydrogens is 473 g/mol. The van der Waals surface area contributed by atoms with Gasteiger partial charge in [0.25, 0.3) is 0 Å². The zero-order valence-electron chi connectivity index (χ0n) is 14.7. The number of halogens is 2. The van der Waals surface area contributed by atoms with Gasteiger partial charge in [0.2, 0.25) is 12.7 Å². The standard InChI is InChI=1S/C18H13Cl2N3O3S3/c19-12-3-2-11(6-13(12)20)23-18(27)29-17(22-23)28-8-16(24)21-7-10-1-4-14-15(5-10)26-9-25-14/h1-6H,7-9H2,(H,21,24). The predicted molar refractivity (Wildman–Crippen MR) is 117 cm³/mol. The van der Waals surface area contributed by atoms with Gasteiger partial charge in [-0.2, -0.15) is 0 Å². The van der Waals surface area contributed by atoms with Crippen molar-refractivity contribution in [3.05, 3.63) is 56.0 Å². The van der Waals surface area contributed by atoms with Crippen LogP contribution < -0.4 is 14.8 Å². The summed E-state index contributed by atoms with van der Waals surface area (Å²) >= 11 is 20.0. The van der Waals surface area contributed by atoms with Crippen LogP contribution in [0.3, 0.4) is 0 Å². The number of hydrogen-bond donors (Lipinski definition) is 1. The van der Waals surface area contributed by atoms with Gasteiger partial charge in [-0.25, -0.2) is 4.68 Å². The van der Waals surface area contributed by atoms with Crippen LogP contribution in [0.5, 0.6) is 11.5 Å². The van der Waals surface area contributed by atoms with E-state index in [-0.39, 0.29) is 18.5 Å². The molecule has 150 valence electrons. The van der Waals surface area contributed by atoms with E-state index in [1.807, 2.05) is 18.2 Å². The van der Waals surface area contributed by atoms with Gasteiger partial charge in [-0.1, -0.05) is 52.4 Å². The number of hydrogen-bond acceptors (Lipinski definition) is 7. The smallest absolute Gasteiger partial charge is 0.231 e. The molecule has 0 atom stereocenters. The fourth-order valence-corrected chi connectivity index (χ4v) is 5.01. The highest BCUT2D eigenvalue weighted by Crippen LogP contribution is 2.32. The second-order valence-corrected chi connectivity index (χ2v) is 9.56. The summed E-state index contributed by atoms with van der Waals surface area (Å²) in [5, 5.41) is 8.24. The molecular formula is C18H13Cl2N3O3S3. The summed E-state index contributed by atoms with van der Waals surface area (Å²) < 4.78 is 13.5. The highest BCUT2D eigenvalue weighted by Gasteiger charge is 2.14. The maximum absolute atomic E-state index is 12.2. The minimum atomic E-state index is -0.102. The van der Waals surface area contributed by atoms with Gasteiger partial charge in [0.1, 0.15) is 0 Å². The van der Waals surface area contributed by atoms with Gasteiger partial charge >= 0.3 is 0 Å². The van der Waals surface area contributed by atoms with E-state index in [0.717, 1.165) is 17.0 Å². The molecule has 1 aliphatic heterocycles. The lowest BCUT2D eigenvalue weighted by Gasteiger charge is -2.05. The van der Waals surface area contributed by atoms with E-state index in [4.69, 9.17) is 44.9 Å². The van der Waals surface area contributed by atoms with Crippen molar-refractivity contribution in [1.82, 2.24) is 15.1 Å². The van der Waals surface area contributed by atoms with Crippen LogP contribution in [0.15, 0.2) is 40.7 Å². The van der Waals surface area contributed by atoms with E-state index < -0.39 is 0 Å². The Morgan fingerprint density at radius 2 is 2.03 bits per heavy atom. The number of nitrogens with zero attached hydrogens (tertiary/aromatic N) is 2. The van der Waals surface area contributed by atoms with E-state index in [2.05, 4.69) is 10.4 Å². The van der Waals surface area contributed by atoms with Gasteiger partial charge < -0.3 is 14.8 Å². The lowest BCUT2D eigenvalue weighted by Crippen LogP contribution is -2.24. The van der Waals surface area contributed by atoms with E-state index >= 15 is 0 Å². The van der Waals surface area contributed by atoms with Crippen molar-refractivity contribution >= 4 is 64.4 Å². The molecule has 0 unspecified atom stereocenters. The SMILES string of the molecule is O=C(CSc1nn(-c2ccc(Cl)c(Cl)c2)c(=S)s1)NCc1ccc2c(c1)OCO2. The second-order valence-electron chi connectivity index (χ2n) is 5.90. The van der Waals surface area contributed by atoms with Gasteiger partial charge in [0, 0.05) is 6.54 Å². The molecule has 0 saturated carbocycles. The van der Waals surface area contributed by atoms with Gasteiger partial charge in [-0.05, 0) is 48.1 Å². The lowest BCUT2D eigenvalue weighted by atomic mass is 10.2. The van der Waals surface area contributed by atoms with Gasteiger partial charge in [0.05, 0.1) is 21.5 Å². The molecule has 0 saturated heterocycles. The number of rotatable bonds is 6. The molecule has 0 radical (unpaired) electrons. The Morgan fingerprint density at radius 3 is 2.86 bits per heavy atom. The minimum absolute atomic E-state index is 0.102. The number of carbonyl (C=O) groups is 1. The largest absolute Gasteiger partial charge is 0.454 e. The maximum atomic E-state index is 12.2. The van der Waals surface area contributed by atoms with Crippen molar-refractivity contribution in [1.29, 1.82) is 0 Å². The molecule has 0 bridgehead atoms. The van der Waals surface area contributed by atoms with Crippen molar-refractivity contribution in [3.63, 3.8) is 0 Å². The Morgan fingerprint density at radius 1 is 1.21 bits per heavy atom. The Hall–Kier alpha value is -1.78. The third kappa shape index (κ3) is 4.87. The zero-order chi connectivity index (χ0) is 20.4. The Balaban J connectivity index is 1.33. The van der Waals surface area contributed by atoms with Crippen molar-refractivity contribution in [2.75, 3.05) is 12.5 Å². The second kappa shape index (κ2) is 8.93. The highest BCUT2D eigenvalue weighted by atomic mass is 35.5. The van der Waals surface area contributed by atoms with Crippen LogP contribution in [0.1, 0.15) is 5.56 Å². The first-order valence-corrected chi connectivity index (χ1v) is 11.3. The molecule has 1 aliphatic rings. The number of carbonyl (C=O) groups excluding carboxylic acids is 1. The molecule has 4 rings (SSSR count). The molecule has 0 fully saturated rings. The molecule has 3 aromatic rings. The van der Waals surface area contributed by atoms with E-state index in [9.17, 15) is 4.79 Å². The zero-order valence-corrected chi connectivity index (χ0v) is 18.6. The maximum Gasteiger partial charge on any atom is 0.231 e. The molecule has 1 aromatic heterocycles. The first-order valence-electron chi connectivity index (χ1n) is 8.33. The number of thioether (sulfide) groups is 1. The average Bonchev–Trinajstić information content (AvgIpc) is 3.32. The molecule has 0 spiro atoms. The van der Waals surface area contributed by atoms with Gasteiger partial charge in [0.15, 0.2) is 19.8 Å². The van der Waals surface area contributed by atoms with Crippen LogP contribution in [0.4, 0.5) is 0 Å². The fraction of sp³-hybridized carbons (Fsp3) is 0.167. The molecule has 6 nitrogen and oxygen atoms in total. The van der Waals surface area contributed by atoms with Gasteiger partial charge in [-0.15, -0.1) is 5.10 Å². The third-order valence-electron chi connectivity index (χ3n) is 3.93. The topological polar surface area (TPSA) is 65.4 Å². The summed E-state index contributed by atoms with van der Waals surface area (Å²) in [7, 11) is 0. The Bertz CT molecular complexity index is 1130. The highest BCUT2D eigenvalue weighted by molar-refractivity contribution is 8.01. The summed E-state index contributed by atoms with van der Waals surface area (Å²) in [6.45, 7) is 0.631. The van der Waals surface area contributed by atoms with E-state index in [1.54, 1.807) is 22.9 Å². The van der Waals surface area contributed by atoms with Crippen molar-refractivity contribution in [3.8, 4) is 17.2 Å². The fourth-order valence-electron chi connectivity index (χ4n) is 2.53. The first kappa shape index (κ1) is 20.5. The summed E-state index contributed by atoms with van der Waals surface area (Å²) in [4.78, 5) is 12.2. The van der Waals surface area contributed by atoms with Crippen LogP contribution >= 0.6 is 58.5 Å². The van der Waals surface area contributed by atoms with Crippen LogP contribution in [0.2, 0.25) is 10.0 Å². The summed E-state index contributed by atoms with van der Waals surface area (Å²) in [6.07, 6.45) is 0. The number of fused-ring (bicyclic) bond motifs is 1. The van der Waals surface area contributed by atoms with Crippen LogP contribution in [-0.4, -0.2) is 28.2 Å². The summed E-state index contributed by atoms with van der Waals surface area (Å²) in [5.74, 6) is 1.54. The van der Waals surface area contributed by atoms with Crippen molar-refractivity contribution in [2.24, 2.45) is 0 Å². The number of aromatic nitrogens is 2. The average molecular weight is 486 g/mol. The molecule has 1 amide bonds. The van der Waals surface area contributed by atoms with E-state index in [1.165, 1.54) is 23.1 Å². The molecule has 0 aliphatic carbocycles. The quantitative estimate of drug-likeness (QED) is 0.386. The Labute approximate surface area is 189 Å². The van der Waals surface area contributed by atoms with E-state index in [0.29, 0.717) is 30.6 Å². The number of ether oxygens (including phenoxy) is 2. The minimum Gasteiger partial charge on any atom is -0.454 e. The van der Waals surface area contributed by atoms with Crippen LogP contribution in [-0.2, 0) is 11.3 Å². The monoisotopic (exact) mass is 485 g/mol. The van der Waals surface area contributed by atoms with Crippen molar-refractivity contribution < 1.29 is 14.3 Å². The molecule has 29 heavy (non-hydrogen) atoms. The number of nitrogens with one attached hydrogen (secondary N) is 1. The van der Waals surface area contributed by atoms with Crippen LogP contribution in [0, 0.1) is 3.95 Å². The number of amides is 1. The number of benzene rings is 2. The predicted octanol–water partition coefficient (Wildman–Crippen LogP) is 5.11. The van der Waals surface area contributed by atoms with Gasteiger partial charge in [-0.3, -0.25) is 4.79 Å². The molecule has 1 N–H and O–H groups in total. The Kier molecular flexibility index (Phi) is 6.31. The molecule has 2 aromatic carbocycles. The van der Waals surface area contributed by atoms with Crippen molar-refractivity contribution in [2.45, 2.75) is 10.9 Å². The normalized spacial score (nSPS) is 12.2. The molecule has 2 heterocycles. The van der Waals surface area contributed by atoms with Crippen LogP contribution in [0.25, 0.3) is 5.69 Å². The summed E-state index contributed by atoms with van der Waals surface area (Å²) in [5.41, 5.74) is 1.66. The third-order valence-corrected chi connectivity index (χ3v) is 7.03. The molecule has 11 heteroatoms. The first-order chi connectivity index (χ1) is 14.0.